The minimum Gasteiger partial charge on any atom is -0.325 e. The van der Waals surface area contributed by atoms with Gasteiger partial charge in [-0.25, -0.2) is 0 Å². The summed E-state index contributed by atoms with van der Waals surface area (Å²) in [5.41, 5.74) is 0. The van der Waals surface area contributed by atoms with Crippen LogP contribution in [0.4, 0.5) is 0 Å². The monoisotopic (exact) mass is 269 g/mol. The van der Waals surface area contributed by atoms with Crippen LogP contribution in [0.2, 0.25) is 0 Å². The lowest BCUT2D eigenvalue weighted by atomic mass is 10.0. The second kappa shape index (κ2) is 7.85. The number of likely N-dealkylation sites (N-methyl/N-ethyl adjacent to an activating group) is 1. The van der Waals surface area contributed by atoms with Gasteiger partial charge >= 0.3 is 0 Å². The van der Waals surface area contributed by atoms with Crippen molar-refractivity contribution < 1.29 is 4.79 Å². The van der Waals surface area contributed by atoms with Crippen molar-refractivity contribution in [2.24, 2.45) is 5.92 Å². The summed E-state index contributed by atoms with van der Waals surface area (Å²) in [7, 11) is 0. The van der Waals surface area contributed by atoms with E-state index in [9.17, 15) is 4.79 Å². The minimum atomic E-state index is 0.0243. The normalized spacial score (nSPS) is 23.9. The molecule has 0 saturated carbocycles. The zero-order valence-electron chi connectivity index (χ0n) is 13.3. The molecule has 19 heavy (non-hydrogen) atoms. The van der Waals surface area contributed by atoms with Crippen LogP contribution in [0.25, 0.3) is 0 Å². The molecule has 4 heteroatoms. The molecule has 1 aliphatic rings. The van der Waals surface area contributed by atoms with Crippen LogP contribution in [0.5, 0.6) is 0 Å². The van der Waals surface area contributed by atoms with Crippen LogP contribution in [0, 0.1) is 5.92 Å². The average Bonchev–Trinajstić information content (AvgIpc) is 2.60. The van der Waals surface area contributed by atoms with E-state index in [-0.39, 0.29) is 18.1 Å². The van der Waals surface area contributed by atoms with Gasteiger partial charge in [-0.05, 0) is 38.8 Å². The number of carbonyl (C=O) groups is 1. The Morgan fingerprint density at radius 2 is 2.00 bits per heavy atom. The molecule has 1 rings (SSSR count). The third-order valence-corrected chi connectivity index (χ3v) is 3.84. The summed E-state index contributed by atoms with van der Waals surface area (Å²) in [6, 6.07) is 0.0243. The Morgan fingerprint density at radius 3 is 2.53 bits per heavy atom. The van der Waals surface area contributed by atoms with Gasteiger partial charge in [-0.1, -0.05) is 27.7 Å². The molecular formula is C15H31N3O. The number of carbonyl (C=O) groups excluding carboxylic acids is 1. The van der Waals surface area contributed by atoms with Crippen LogP contribution < -0.4 is 5.32 Å². The van der Waals surface area contributed by atoms with E-state index >= 15 is 0 Å². The van der Waals surface area contributed by atoms with Gasteiger partial charge in [0.05, 0.1) is 12.2 Å². The van der Waals surface area contributed by atoms with Crippen molar-refractivity contribution in [1.29, 1.82) is 0 Å². The molecule has 2 unspecified atom stereocenters. The smallest absolute Gasteiger partial charge is 0.241 e. The predicted molar refractivity (Wildman–Crippen MR) is 80.0 cm³/mol. The van der Waals surface area contributed by atoms with E-state index < -0.39 is 0 Å². The van der Waals surface area contributed by atoms with Crippen molar-refractivity contribution in [2.45, 2.75) is 59.7 Å². The number of hydrogen-bond donors (Lipinski definition) is 1. The number of nitrogens with zero attached hydrogens (tertiary/aromatic N) is 2. The Labute approximate surface area is 118 Å². The third-order valence-electron chi connectivity index (χ3n) is 3.84. The molecule has 0 spiro atoms. The maximum atomic E-state index is 12.4. The van der Waals surface area contributed by atoms with Crippen molar-refractivity contribution in [1.82, 2.24) is 15.1 Å². The van der Waals surface area contributed by atoms with Gasteiger partial charge in [-0.15, -0.1) is 0 Å². The summed E-state index contributed by atoms with van der Waals surface area (Å²) in [4.78, 5) is 16.8. The highest BCUT2D eigenvalue weighted by Crippen LogP contribution is 2.16. The highest BCUT2D eigenvalue weighted by Gasteiger charge is 2.36. The van der Waals surface area contributed by atoms with Crippen molar-refractivity contribution >= 4 is 5.91 Å². The fraction of sp³-hybridized carbons (Fsp3) is 0.933. The van der Waals surface area contributed by atoms with Crippen molar-refractivity contribution in [3.8, 4) is 0 Å². The van der Waals surface area contributed by atoms with Gasteiger partial charge < -0.3 is 9.80 Å². The van der Waals surface area contributed by atoms with Gasteiger partial charge in [0.25, 0.3) is 0 Å². The van der Waals surface area contributed by atoms with E-state index in [0.717, 1.165) is 32.6 Å². The quantitative estimate of drug-likeness (QED) is 0.731. The summed E-state index contributed by atoms with van der Waals surface area (Å²) in [6.07, 6.45) is 2.29. The molecule has 0 aromatic rings. The highest BCUT2D eigenvalue weighted by atomic mass is 16.2. The Morgan fingerprint density at radius 1 is 1.32 bits per heavy atom. The molecule has 0 bridgehead atoms. The second-order valence-corrected chi connectivity index (χ2v) is 5.99. The van der Waals surface area contributed by atoms with Crippen LogP contribution in [-0.2, 0) is 4.79 Å². The van der Waals surface area contributed by atoms with E-state index in [1.165, 1.54) is 6.42 Å². The number of amides is 1. The van der Waals surface area contributed by atoms with Gasteiger partial charge in [0, 0.05) is 13.1 Å². The summed E-state index contributed by atoms with van der Waals surface area (Å²) >= 11 is 0. The van der Waals surface area contributed by atoms with Gasteiger partial charge in [-0.2, -0.15) is 0 Å². The predicted octanol–water partition coefficient (Wildman–Crippen LogP) is 1.91. The lowest BCUT2D eigenvalue weighted by molar-refractivity contribution is -0.130. The van der Waals surface area contributed by atoms with Crippen LogP contribution in [0.1, 0.15) is 47.5 Å². The maximum Gasteiger partial charge on any atom is 0.241 e. The van der Waals surface area contributed by atoms with E-state index in [2.05, 4.69) is 44.8 Å². The standard InChI is InChI=1S/C15H31N3O/c1-6-8-17(7-2)9-10-18-13(5)16-14(15(18)19)11-12(3)4/h12-14,16H,6-11H2,1-5H3. The molecule has 0 radical (unpaired) electrons. The Hall–Kier alpha value is -0.610. The fourth-order valence-electron chi connectivity index (χ4n) is 2.78. The fourth-order valence-corrected chi connectivity index (χ4v) is 2.78. The molecule has 2 atom stereocenters. The second-order valence-electron chi connectivity index (χ2n) is 5.99. The van der Waals surface area contributed by atoms with Crippen LogP contribution in [-0.4, -0.2) is 54.1 Å². The largest absolute Gasteiger partial charge is 0.325 e. The first kappa shape index (κ1) is 16.4. The molecule has 0 aliphatic carbocycles. The first-order valence-corrected chi connectivity index (χ1v) is 7.78. The average molecular weight is 269 g/mol. The third kappa shape index (κ3) is 4.77. The van der Waals surface area contributed by atoms with Gasteiger partial charge in [0.15, 0.2) is 0 Å². The van der Waals surface area contributed by atoms with Crippen LogP contribution in [0.15, 0.2) is 0 Å². The Bertz CT molecular complexity index is 281. The Kier molecular flexibility index (Phi) is 6.80. The molecule has 1 aliphatic heterocycles. The lowest BCUT2D eigenvalue weighted by Gasteiger charge is -2.26. The molecule has 1 fully saturated rings. The van der Waals surface area contributed by atoms with E-state index in [0.29, 0.717) is 5.92 Å². The number of nitrogens with one attached hydrogen (secondary N) is 1. The molecule has 1 heterocycles. The number of hydrogen-bond acceptors (Lipinski definition) is 3. The van der Waals surface area contributed by atoms with E-state index in [1.807, 2.05) is 4.90 Å². The first-order chi connectivity index (χ1) is 8.99. The summed E-state index contributed by atoms with van der Waals surface area (Å²) in [5, 5.41) is 3.42. The minimum absolute atomic E-state index is 0.0243. The van der Waals surface area contributed by atoms with Crippen molar-refractivity contribution in [3.63, 3.8) is 0 Å². The topological polar surface area (TPSA) is 35.6 Å². The van der Waals surface area contributed by atoms with Gasteiger partial charge in [0.1, 0.15) is 0 Å². The Balaban J connectivity index is 2.47. The molecule has 1 amide bonds. The summed E-state index contributed by atoms with van der Waals surface area (Å²) < 4.78 is 0. The maximum absolute atomic E-state index is 12.4. The molecule has 4 nitrogen and oxygen atoms in total. The molecule has 0 aromatic carbocycles. The first-order valence-electron chi connectivity index (χ1n) is 7.78. The SMILES string of the molecule is CCCN(CC)CCN1C(=O)C(CC(C)C)NC1C. The number of rotatable bonds is 8. The van der Waals surface area contributed by atoms with E-state index in [4.69, 9.17) is 0 Å². The molecule has 0 aromatic heterocycles. The van der Waals surface area contributed by atoms with Crippen molar-refractivity contribution in [2.75, 3.05) is 26.2 Å². The molecule has 112 valence electrons. The summed E-state index contributed by atoms with van der Waals surface area (Å²) in [5.74, 6) is 0.842. The summed E-state index contributed by atoms with van der Waals surface area (Å²) in [6.45, 7) is 14.8. The van der Waals surface area contributed by atoms with E-state index in [1.54, 1.807) is 0 Å². The lowest BCUT2D eigenvalue weighted by Crippen LogP contribution is -2.41. The van der Waals surface area contributed by atoms with Gasteiger partial charge in [-0.3, -0.25) is 10.1 Å². The van der Waals surface area contributed by atoms with Gasteiger partial charge in [0.2, 0.25) is 5.91 Å². The molecule has 1 N–H and O–H groups in total. The highest BCUT2D eigenvalue weighted by molar-refractivity contribution is 5.84. The molecular weight excluding hydrogens is 238 g/mol. The van der Waals surface area contributed by atoms with Crippen LogP contribution >= 0.6 is 0 Å². The van der Waals surface area contributed by atoms with Crippen LogP contribution in [0.3, 0.4) is 0 Å². The molecule has 1 saturated heterocycles. The van der Waals surface area contributed by atoms with Crippen molar-refractivity contribution in [3.05, 3.63) is 0 Å². The zero-order chi connectivity index (χ0) is 14.4. The zero-order valence-corrected chi connectivity index (χ0v) is 13.3.